The summed E-state index contributed by atoms with van der Waals surface area (Å²) in [4.78, 5) is 13.6. The van der Waals surface area contributed by atoms with Gasteiger partial charge in [0.25, 0.3) is 0 Å². The number of rotatable bonds is 5. The number of pyridine rings is 1. The molecule has 4 heterocycles. The number of ether oxygens (including phenoxy) is 1. The van der Waals surface area contributed by atoms with E-state index in [2.05, 4.69) is 34.2 Å². The highest BCUT2D eigenvalue weighted by atomic mass is 35.5. The number of nitrogens with zero attached hydrogens (tertiary/aromatic N) is 5. The summed E-state index contributed by atoms with van der Waals surface area (Å²) in [6, 6.07) is 2.25. The maximum atomic E-state index is 6.09. The van der Waals surface area contributed by atoms with Crippen molar-refractivity contribution in [1.29, 1.82) is 0 Å². The van der Waals surface area contributed by atoms with Crippen LogP contribution in [0, 0.1) is 5.92 Å². The molecule has 0 unspecified atom stereocenters. The summed E-state index contributed by atoms with van der Waals surface area (Å²) in [6.45, 7) is 6.93. The monoisotopic (exact) mass is 388 g/mol. The number of aromatic nitrogens is 5. The summed E-state index contributed by atoms with van der Waals surface area (Å²) in [5, 5.41) is 7.83. The van der Waals surface area contributed by atoms with E-state index in [1.165, 1.54) is 12.8 Å². The topological polar surface area (TPSA) is 77.8 Å². The van der Waals surface area contributed by atoms with Gasteiger partial charge in [-0.2, -0.15) is 5.10 Å². The van der Waals surface area contributed by atoms with Crippen LogP contribution in [-0.2, 0) is 0 Å². The van der Waals surface area contributed by atoms with Crippen molar-refractivity contribution in [2.45, 2.75) is 32.7 Å². The molecule has 7 nitrogen and oxygen atoms in total. The van der Waals surface area contributed by atoms with Crippen molar-refractivity contribution < 1.29 is 4.74 Å². The molecule has 0 radical (unpaired) electrons. The van der Waals surface area contributed by atoms with E-state index in [1.807, 2.05) is 23.1 Å². The average molecular weight is 389 g/mol. The van der Waals surface area contributed by atoms with Gasteiger partial charge in [0.2, 0.25) is 5.88 Å². The Kier molecular flexibility index (Phi) is 6.23. The minimum absolute atomic E-state index is 0. The van der Waals surface area contributed by atoms with Gasteiger partial charge in [0.15, 0.2) is 5.52 Å². The normalized spacial score (nSPS) is 17.1. The quantitative estimate of drug-likeness (QED) is 0.722. The summed E-state index contributed by atoms with van der Waals surface area (Å²) in [5.74, 6) is 1.05. The fourth-order valence-corrected chi connectivity index (χ4v) is 3.21. The van der Waals surface area contributed by atoms with Gasteiger partial charge in [-0.3, -0.25) is 9.67 Å². The van der Waals surface area contributed by atoms with Gasteiger partial charge in [0, 0.05) is 42.7 Å². The van der Waals surface area contributed by atoms with E-state index in [-0.39, 0.29) is 12.4 Å². The molecule has 1 aliphatic rings. The predicted molar refractivity (Wildman–Crippen MR) is 107 cm³/mol. The van der Waals surface area contributed by atoms with Gasteiger partial charge in [0.1, 0.15) is 0 Å². The highest BCUT2D eigenvalue weighted by Crippen LogP contribution is 2.27. The van der Waals surface area contributed by atoms with Crippen LogP contribution in [0.15, 0.2) is 30.9 Å². The molecule has 144 valence electrons. The zero-order valence-corrected chi connectivity index (χ0v) is 16.4. The molecule has 0 aromatic carbocycles. The SMILES string of the molecule is CC(C)n1cc(-c2cc3nccnc3c(OC[C@H]3CCCNC3)n2)cn1.Cl. The Balaban J connectivity index is 0.00000210. The van der Waals surface area contributed by atoms with Gasteiger partial charge in [-0.25, -0.2) is 9.97 Å². The first kappa shape index (κ1) is 19.5. The van der Waals surface area contributed by atoms with Gasteiger partial charge in [-0.15, -0.1) is 12.4 Å². The van der Waals surface area contributed by atoms with Crippen molar-refractivity contribution in [2.24, 2.45) is 5.92 Å². The molecule has 3 aromatic rings. The Bertz CT molecular complexity index is 891. The van der Waals surface area contributed by atoms with Crippen LogP contribution in [0.5, 0.6) is 5.88 Å². The molecule has 8 heteroatoms. The number of hydrogen-bond acceptors (Lipinski definition) is 6. The molecular formula is C19H25ClN6O. The van der Waals surface area contributed by atoms with Gasteiger partial charge >= 0.3 is 0 Å². The summed E-state index contributed by atoms with van der Waals surface area (Å²) in [7, 11) is 0. The van der Waals surface area contributed by atoms with E-state index in [0.717, 1.165) is 29.9 Å². The number of nitrogens with one attached hydrogen (secondary N) is 1. The molecule has 1 N–H and O–H groups in total. The summed E-state index contributed by atoms with van der Waals surface area (Å²) in [5.41, 5.74) is 3.25. The molecule has 0 amide bonds. The molecule has 3 aromatic heterocycles. The minimum atomic E-state index is 0. The maximum Gasteiger partial charge on any atom is 0.242 e. The van der Waals surface area contributed by atoms with Gasteiger partial charge in [0.05, 0.1) is 24.0 Å². The lowest BCUT2D eigenvalue weighted by molar-refractivity contribution is 0.214. The lowest BCUT2D eigenvalue weighted by Crippen LogP contribution is -2.33. The van der Waals surface area contributed by atoms with Crippen LogP contribution in [-0.4, -0.2) is 44.4 Å². The number of piperidine rings is 1. The smallest absolute Gasteiger partial charge is 0.242 e. The van der Waals surface area contributed by atoms with Gasteiger partial charge < -0.3 is 10.1 Å². The van der Waals surface area contributed by atoms with Gasteiger partial charge in [-0.1, -0.05) is 0 Å². The first-order valence-corrected chi connectivity index (χ1v) is 9.20. The van der Waals surface area contributed by atoms with E-state index in [9.17, 15) is 0 Å². The molecule has 1 fully saturated rings. The fourth-order valence-electron chi connectivity index (χ4n) is 3.21. The van der Waals surface area contributed by atoms with Crippen molar-refractivity contribution >= 4 is 23.4 Å². The Hall–Kier alpha value is -2.25. The summed E-state index contributed by atoms with van der Waals surface area (Å²) < 4.78 is 8.02. The second-order valence-corrected chi connectivity index (χ2v) is 7.06. The number of hydrogen-bond donors (Lipinski definition) is 1. The van der Waals surface area contributed by atoms with E-state index in [1.54, 1.807) is 12.4 Å². The van der Waals surface area contributed by atoms with Crippen molar-refractivity contribution in [2.75, 3.05) is 19.7 Å². The van der Waals surface area contributed by atoms with Crippen molar-refractivity contribution in [3.63, 3.8) is 0 Å². The average Bonchev–Trinajstić information content (AvgIpc) is 3.17. The molecule has 0 spiro atoms. The van der Waals surface area contributed by atoms with Crippen LogP contribution in [0.4, 0.5) is 0 Å². The Morgan fingerprint density at radius 1 is 1.30 bits per heavy atom. The zero-order valence-electron chi connectivity index (χ0n) is 15.6. The Labute approximate surface area is 165 Å². The molecule has 1 saturated heterocycles. The lowest BCUT2D eigenvalue weighted by Gasteiger charge is -2.22. The molecule has 27 heavy (non-hydrogen) atoms. The second-order valence-electron chi connectivity index (χ2n) is 7.06. The van der Waals surface area contributed by atoms with Crippen LogP contribution < -0.4 is 10.1 Å². The molecule has 1 atom stereocenters. The highest BCUT2D eigenvalue weighted by molar-refractivity contribution is 5.85. The first-order valence-electron chi connectivity index (χ1n) is 9.20. The van der Waals surface area contributed by atoms with Crippen molar-refractivity contribution in [1.82, 2.24) is 30.0 Å². The molecule has 4 rings (SSSR count). The number of fused-ring (bicyclic) bond motifs is 1. The standard InChI is InChI=1S/C19H24N6O.ClH/c1-13(2)25-11-15(10-23-25)16-8-17-18(22-7-6-21-17)19(24-16)26-12-14-4-3-5-20-9-14;/h6-8,10-11,13-14,20H,3-5,9,12H2,1-2H3;1H/t14-;/m0./s1. The van der Waals surface area contributed by atoms with E-state index >= 15 is 0 Å². The second kappa shape index (κ2) is 8.63. The molecular weight excluding hydrogens is 364 g/mol. The highest BCUT2D eigenvalue weighted by Gasteiger charge is 2.17. The van der Waals surface area contributed by atoms with Crippen LogP contribution in [0.2, 0.25) is 0 Å². The van der Waals surface area contributed by atoms with Crippen LogP contribution in [0.25, 0.3) is 22.3 Å². The third kappa shape index (κ3) is 4.36. The van der Waals surface area contributed by atoms with Crippen LogP contribution in [0.3, 0.4) is 0 Å². The lowest BCUT2D eigenvalue weighted by atomic mass is 10.0. The first-order chi connectivity index (χ1) is 12.7. The van der Waals surface area contributed by atoms with Gasteiger partial charge in [-0.05, 0) is 39.3 Å². The fraction of sp³-hybridized carbons (Fsp3) is 0.474. The van der Waals surface area contributed by atoms with Crippen molar-refractivity contribution in [3.8, 4) is 17.1 Å². The maximum absolute atomic E-state index is 6.09. The van der Waals surface area contributed by atoms with Crippen molar-refractivity contribution in [3.05, 3.63) is 30.9 Å². The Morgan fingerprint density at radius 3 is 2.89 bits per heavy atom. The van der Waals surface area contributed by atoms with Crippen LogP contribution >= 0.6 is 12.4 Å². The predicted octanol–water partition coefficient (Wildman–Crippen LogP) is 3.27. The van der Waals surface area contributed by atoms with E-state index in [0.29, 0.717) is 30.0 Å². The summed E-state index contributed by atoms with van der Waals surface area (Å²) >= 11 is 0. The summed E-state index contributed by atoms with van der Waals surface area (Å²) in [6.07, 6.45) is 9.57. The van der Waals surface area contributed by atoms with E-state index < -0.39 is 0 Å². The Morgan fingerprint density at radius 2 is 2.15 bits per heavy atom. The van der Waals surface area contributed by atoms with Crippen LogP contribution in [0.1, 0.15) is 32.7 Å². The largest absolute Gasteiger partial charge is 0.476 e. The third-order valence-corrected chi connectivity index (χ3v) is 4.71. The molecule has 1 aliphatic heterocycles. The molecule has 0 saturated carbocycles. The minimum Gasteiger partial charge on any atom is -0.476 e. The molecule has 0 bridgehead atoms. The van der Waals surface area contributed by atoms with E-state index in [4.69, 9.17) is 9.72 Å². The zero-order chi connectivity index (χ0) is 17.9. The number of halogens is 1. The third-order valence-electron chi connectivity index (χ3n) is 4.71. The molecule has 0 aliphatic carbocycles.